The molecule has 18 heavy (non-hydrogen) atoms. The third kappa shape index (κ3) is 3.53. The van der Waals surface area contributed by atoms with Gasteiger partial charge in [-0.05, 0) is 26.2 Å². The van der Waals surface area contributed by atoms with E-state index in [2.05, 4.69) is 10.3 Å². The van der Waals surface area contributed by atoms with Crippen LogP contribution in [-0.2, 0) is 4.79 Å². The standard InChI is InChI=1S/C13H23N3OS/c1-7-10(18-9(3)15-7)8(2)16-12(17)11(14)13(4,5)6/h8,11H,14H2,1-6H3,(H,16,17)/t8?,11-/m0/s1. The normalized spacial score (nSPS) is 15.3. The van der Waals surface area contributed by atoms with Crippen LogP contribution in [0.1, 0.15) is 49.3 Å². The summed E-state index contributed by atoms with van der Waals surface area (Å²) in [5.74, 6) is -0.111. The number of nitrogens with two attached hydrogens (primary N) is 1. The van der Waals surface area contributed by atoms with Crippen LogP contribution in [0.2, 0.25) is 0 Å². The zero-order valence-corrected chi connectivity index (χ0v) is 12.8. The highest BCUT2D eigenvalue weighted by molar-refractivity contribution is 7.11. The molecule has 4 nitrogen and oxygen atoms in total. The third-order valence-corrected chi connectivity index (χ3v) is 4.16. The largest absolute Gasteiger partial charge is 0.347 e. The Kier molecular flexibility index (Phi) is 4.50. The highest BCUT2D eigenvalue weighted by atomic mass is 32.1. The smallest absolute Gasteiger partial charge is 0.237 e. The lowest BCUT2D eigenvalue weighted by Crippen LogP contribution is -2.49. The Morgan fingerprint density at radius 2 is 1.94 bits per heavy atom. The van der Waals surface area contributed by atoms with Crippen LogP contribution < -0.4 is 11.1 Å². The van der Waals surface area contributed by atoms with Crippen LogP contribution in [0.25, 0.3) is 0 Å². The number of carbonyl (C=O) groups excluding carboxylic acids is 1. The fourth-order valence-corrected chi connectivity index (χ4v) is 2.64. The number of amides is 1. The topological polar surface area (TPSA) is 68.0 Å². The van der Waals surface area contributed by atoms with E-state index in [1.54, 1.807) is 11.3 Å². The number of nitrogens with zero attached hydrogens (tertiary/aromatic N) is 1. The second-order valence-electron chi connectivity index (χ2n) is 5.76. The predicted octanol–water partition coefficient (Wildman–Crippen LogP) is 2.31. The molecule has 1 unspecified atom stereocenters. The Balaban J connectivity index is 2.74. The third-order valence-electron chi connectivity index (χ3n) is 2.91. The first kappa shape index (κ1) is 15.1. The van der Waals surface area contributed by atoms with Crippen molar-refractivity contribution in [3.63, 3.8) is 0 Å². The summed E-state index contributed by atoms with van der Waals surface area (Å²) >= 11 is 1.62. The second kappa shape index (κ2) is 5.36. The first-order chi connectivity index (χ1) is 8.12. The number of thiazole rings is 1. The van der Waals surface area contributed by atoms with Gasteiger partial charge in [-0.1, -0.05) is 20.8 Å². The van der Waals surface area contributed by atoms with Gasteiger partial charge in [0.25, 0.3) is 0 Å². The summed E-state index contributed by atoms with van der Waals surface area (Å²) in [6.07, 6.45) is 0. The summed E-state index contributed by atoms with van der Waals surface area (Å²) in [5, 5.41) is 3.98. The van der Waals surface area contributed by atoms with Gasteiger partial charge in [-0.2, -0.15) is 0 Å². The second-order valence-corrected chi connectivity index (χ2v) is 6.99. The lowest BCUT2D eigenvalue weighted by Gasteiger charge is -2.27. The highest BCUT2D eigenvalue weighted by Crippen LogP contribution is 2.25. The lowest BCUT2D eigenvalue weighted by atomic mass is 9.87. The van der Waals surface area contributed by atoms with E-state index in [1.807, 2.05) is 41.5 Å². The van der Waals surface area contributed by atoms with Crippen molar-refractivity contribution in [3.05, 3.63) is 15.6 Å². The summed E-state index contributed by atoms with van der Waals surface area (Å²) in [7, 11) is 0. The monoisotopic (exact) mass is 269 g/mol. The summed E-state index contributed by atoms with van der Waals surface area (Å²) in [6, 6.07) is -0.550. The molecule has 0 aromatic carbocycles. The average molecular weight is 269 g/mol. The molecule has 2 atom stereocenters. The Hall–Kier alpha value is -0.940. The molecule has 1 aromatic rings. The van der Waals surface area contributed by atoms with E-state index in [1.165, 1.54) is 0 Å². The van der Waals surface area contributed by atoms with Crippen molar-refractivity contribution >= 4 is 17.2 Å². The van der Waals surface area contributed by atoms with Crippen LogP contribution in [0.4, 0.5) is 0 Å². The first-order valence-corrected chi connectivity index (χ1v) is 6.94. The first-order valence-electron chi connectivity index (χ1n) is 6.12. The molecule has 5 heteroatoms. The minimum absolute atomic E-state index is 0.0444. The van der Waals surface area contributed by atoms with Crippen molar-refractivity contribution in [1.82, 2.24) is 10.3 Å². The summed E-state index contributed by atoms with van der Waals surface area (Å²) in [6.45, 7) is 11.8. The Morgan fingerprint density at radius 1 is 1.39 bits per heavy atom. The molecule has 0 saturated carbocycles. The van der Waals surface area contributed by atoms with Crippen LogP contribution in [0.5, 0.6) is 0 Å². The van der Waals surface area contributed by atoms with Gasteiger partial charge in [-0.15, -0.1) is 11.3 Å². The van der Waals surface area contributed by atoms with Gasteiger partial charge < -0.3 is 11.1 Å². The molecule has 0 spiro atoms. The van der Waals surface area contributed by atoms with E-state index in [9.17, 15) is 4.79 Å². The van der Waals surface area contributed by atoms with Gasteiger partial charge in [0, 0.05) is 4.88 Å². The van der Waals surface area contributed by atoms with Crippen LogP contribution >= 0.6 is 11.3 Å². The number of carbonyl (C=O) groups is 1. The van der Waals surface area contributed by atoms with Crippen LogP contribution in [0.15, 0.2) is 0 Å². The quantitative estimate of drug-likeness (QED) is 0.884. The Morgan fingerprint density at radius 3 is 2.33 bits per heavy atom. The van der Waals surface area contributed by atoms with Gasteiger partial charge in [-0.3, -0.25) is 4.79 Å². The van der Waals surface area contributed by atoms with E-state index in [4.69, 9.17) is 5.73 Å². The average Bonchev–Trinajstić information content (AvgIpc) is 2.55. The van der Waals surface area contributed by atoms with Crippen molar-refractivity contribution in [2.24, 2.45) is 11.1 Å². The van der Waals surface area contributed by atoms with Gasteiger partial charge in [0.1, 0.15) is 0 Å². The maximum atomic E-state index is 12.0. The van der Waals surface area contributed by atoms with Crippen molar-refractivity contribution in [1.29, 1.82) is 0 Å². The molecule has 1 rings (SSSR count). The molecule has 0 saturated heterocycles. The molecule has 102 valence electrons. The van der Waals surface area contributed by atoms with Gasteiger partial charge in [0.05, 0.1) is 22.8 Å². The number of nitrogens with one attached hydrogen (secondary N) is 1. The summed E-state index contributed by atoms with van der Waals surface area (Å²) < 4.78 is 0. The molecule has 0 bridgehead atoms. The van der Waals surface area contributed by atoms with Crippen molar-refractivity contribution < 1.29 is 4.79 Å². The predicted molar refractivity (Wildman–Crippen MR) is 75.6 cm³/mol. The minimum Gasteiger partial charge on any atom is -0.347 e. The number of aromatic nitrogens is 1. The van der Waals surface area contributed by atoms with Gasteiger partial charge >= 0.3 is 0 Å². The SMILES string of the molecule is Cc1nc(C)c(C(C)NC(=O)[C@H](N)C(C)(C)C)s1. The van der Waals surface area contributed by atoms with E-state index >= 15 is 0 Å². The van der Waals surface area contributed by atoms with Crippen LogP contribution in [-0.4, -0.2) is 16.9 Å². The van der Waals surface area contributed by atoms with E-state index < -0.39 is 6.04 Å². The van der Waals surface area contributed by atoms with Crippen LogP contribution in [0, 0.1) is 19.3 Å². The molecular formula is C13H23N3OS. The molecule has 0 aliphatic rings. The molecule has 0 aliphatic carbocycles. The Labute approximate surface area is 113 Å². The van der Waals surface area contributed by atoms with Crippen molar-refractivity contribution in [2.45, 2.75) is 53.6 Å². The molecule has 0 fully saturated rings. The van der Waals surface area contributed by atoms with Gasteiger partial charge in [0.2, 0.25) is 5.91 Å². The molecule has 3 N–H and O–H groups in total. The number of rotatable bonds is 3. The fraction of sp³-hybridized carbons (Fsp3) is 0.692. The maximum Gasteiger partial charge on any atom is 0.237 e. The molecular weight excluding hydrogens is 246 g/mol. The number of hydrogen-bond donors (Lipinski definition) is 2. The zero-order chi connectivity index (χ0) is 14.1. The molecule has 1 heterocycles. The summed E-state index contributed by atoms with van der Waals surface area (Å²) in [5.41, 5.74) is 6.69. The maximum absolute atomic E-state index is 12.0. The molecule has 0 radical (unpaired) electrons. The molecule has 1 aromatic heterocycles. The molecule has 0 aliphatic heterocycles. The number of aryl methyl sites for hydroxylation is 2. The van der Waals surface area contributed by atoms with Gasteiger partial charge in [0.15, 0.2) is 0 Å². The summed E-state index contributed by atoms with van der Waals surface area (Å²) in [4.78, 5) is 17.5. The van der Waals surface area contributed by atoms with E-state index in [0.717, 1.165) is 15.6 Å². The fourth-order valence-electron chi connectivity index (χ4n) is 1.71. The highest BCUT2D eigenvalue weighted by Gasteiger charge is 2.28. The zero-order valence-electron chi connectivity index (χ0n) is 12.0. The van der Waals surface area contributed by atoms with Crippen molar-refractivity contribution in [3.8, 4) is 0 Å². The van der Waals surface area contributed by atoms with E-state index in [0.29, 0.717) is 0 Å². The Bertz CT molecular complexity index is 434. The van der Waals surface area contributed by atoms with Crippen LogP contribution in [0.3, 0.4) is 0 Å². The molecule has 1 amide bonds. The van der Waals surface area contributed by atoms with Crippen molar-refractivity contribution in [2.75, 3.05) is 0 Å². The lowest BCUT2D eigenvalue weighted by molar-refractivity contribution is -0.125. The van der Waals surface area contributed by atoms with E-state index in [-0.39, 0.29) is 17.4 Å². The minimum atomic E-state index is -0.505. The van der Waals surface area contributed by atoms with Gasteiger partial charge in [-0.25, -0.2) is 4.98 Å². The number of hydrogen-bond acceptors (Lipinski definition) is 4.